The van der Waals surface area contributed by atoms with Gasteiger partial charge in [-0.05, 0) is 108 Å². The van der Waals surface area contributed by atoms with Crippen LogP contribution < -0.4 is 4.90 Å². The Bertz CT molecular complexity index is 2190. The lowest BCUT2D eigenvalue weighted by Gasteiger charge is -2.43. The van der Waals surface area contributed by atoms with Gasteiger partial charge in [0.05, 0.1) is 23.8 Å². The monoisotopic (exact) mass is 646 g/mol. The van der Waals surface area contributed by atoms with Crippen molar-refractivity contribution in [2.75, 3.05) is 4.90 Å². The maximum Gasteiger partial charge on any atom is 0.0850 e. The van der Waals surface area contributed by atoms with Gasteiger partial charge >= 0.3 is 0 Å². The van der Waals surface area contributed by atoms with Crippen LogP contribution in [0.5, 0.6) is 0 Å². The van der Waals surface area contributed by atoms with Crippen LogP contribution in [0.3, 0.4) is 0 Å². The number of nitrogens with zero attached hydrogens (tertiary/aromatic N) is 2. The smallest absolute Gasteiger partial charge is 0.0850 e. The Kier molecular flexibility index (Phi) is 7.96. The zero-order valence-corrected chi connectivity index (χ0v) is 28.6. The van der Waals surface area contributed by atoms with Gasteiger partial charge in [0, 0.05) is 17.3 Å². The van der Waals surface area contributed by atoms with E-state index in [4.69, 9.17) is 0 Å². The highest BCUT2D eigenvalue weighted by atomic mass is 15.2. The summed E-state index contributed by atoms with van der Waals surface area (Å²) < 4.78 is 0. The molecule has 50 heavy (non-hydrogen) atoms. The molecule has 0 spiro atoms. The number of benzene rings is 3. The second kappa shape index (κ2) is 13.0. The third-order valence-corrected chi connectivity index (χ3v) is 11.0. The van der Waals surface area contributed by atoms with Crippen LogP contribution in [-0.4, -0.2) is 10.9 Å². The van der Waals surface area contributed by atoms with Gasteiger partial charge in [-0.3, -0.25) is 0 Å². The second-order valence-corrected chi connectivity index (χ2v) is 14.1. The van der Waals surface area contributed by atoms with E-state index >= 15 is 0 Å². The molecule has 0 fully saturated rings. The number of anilines is 1. The van der Waals surface area contributed by atoms with Crippen LogP contribution in [0, 0.1) is 5.92 Å². The van der Waals surface area contributed by atoms with Gasteiger partial charge in [0.2, 0.25) is 0 Å². The summed E-state index contributed by atoms with van der Waals surface area (Å²) in [6, 6.07) is 29.3. The standard InChI is InChI=1S/C48H42N2/c1-34-32-40-33-39(40)27-31-46(34)50(48-23-11-16-38-13-6-8-21-45(38)48)43-29-25-36(26-30-43)35-14-9-19-42(28-24-35)49(41-17-3-2-4-18-41)47-22-10-15-37-12-5-7-20-44(37)47/h2-18,20-21,24-26,28-29,31-33,39,43,47-48H,22-23,27,30H2,1H3. The van der Waals surface area contributed by atoms with E-state index in [0.29, 0.717) is 12.0 Å². The van der Waals surface area contributed by atoms with Crippen LogP contribution in [0.4, 0.5) is 5.69 Å². The van der Waals surface area contributed by atoms with Gasteiger partial charge in [-0.1, -0.05) is 139 Å². The Morgan fingerprint density at radius 1 is 0.660 bits per heavy atom. The van der Waals surface area contributed by atoms with Gasteiger partial charge < -0.3 is 9.80 Å². The first-order valence-electron chi connectivity index (χ1n) is 18.2. The number of allylic oxidation sites excluding steroid dienone is 11. The minimum absolute atomic E-state index is 0.194. The van der Waals surface area contributed by atoms with Crippen molar-refractivity contribution >= 4 is 17.8 Å². The topological polar surface area (TPSA) is 6.48 Å². The molecular weight excluding hydrogens is 605 g/mol. The van der Waals surface area contributed by atoms with Crippen LogP contribution in [-0.2, 0) is 0 Å². The molecule has 6 aliphatic carbocycles. The lowest BCUT2D eigenvalue weighted by molar-refractivity contribution is 0.216. The molecule has 0 N–H and O–H groups in total. The zero-order valence-electron chi connectivity index (χ0n) is 28.6. The van der Waals surface area contributed by atoms with Gasteiger partial charge in [0.25, 0.3) is 0 Å². The normalized spacial score (nSPS) is 24.2. The van der Waals surface area contributed by atoms with E-state index in [1.807, 2.05) is 0 Å². The summed E-state index contributed by atoms with van der Waals surface area (Å²) in [5, 5.41) is 0. The summed E-state index contributed by atoms with van der Waals surface area (Å²) in [5.41, 5.74) is 18.1. The molecule has 0 bridgehead atoms. The van der Waals surface area contributed by atoms with Crippen molar-refractivity contribution in [2.45, 2.75) is 50.7 Å². The molecule has 0 aromatic heterocycles. The number of fused-ring (bicyclic) bond motifs is 3. The first-order chi connectivity index (χ1) is 24.7. The number of para-hydroxylation sites is 1. The maximum absolute atomic E-state index is 3.66. The molecule has 2 heteroatoms. The first-order valence-corrected chi connectivity index (χ1v) is 18.2. The van der Waals surface area contributed by atoms with E-state index in [0.717, 1.165) is 31.4 Å². The summed E-state index contributed by atoms with van der Waals surface area (Å²) in [7, 11) is 0. The van der Waals surface area contributed by atoms with Gasteiger partial charge in [-0.2, -0.15) is 0 Å². The molecule has 0 radical (unpaired) electrons. The molecule has 4 unspecified atom stereocenters. The first kappa shape index (κ1) is 30.5. The molecule has 0 amide bonds. The molecule has 0 saturated heterocycles. The lowest BCUT2D eigenvalue weighted by Crippen LogP contribution is -2.38. The van der Waals surface area contributed by atoms with Crippen LogP contribution in [0.1, 0.15) is 66.9 Å². The van der Waals surface area contributed by atoms with Crippen molar-refractivity contribution in [3.63, 3.8) is 0 Å². The average molecular weight is 647 g/mol. The highest BCUT2D eigenvalue weighted by molar-refractivity contribution is 5.65. The zero-order chi connectivity index (χ0) is 33.4. The molecular formula is C48H42N2. The van der Waals surface area contributed by atoms with Crippen LogP contribution in [0.2, 0.25) is 0 Å². The SMILES string of the molecule is CC1=CC2=CC2CC=C1N(C1C=CC(C2=CC=C=C(N(c3ccccc3)C3CC=Cc4ccccc43)C=C2)=CC1)C1CC=Cc2ccccc21. The van der Waals surface area contributed by atoms with Gasteiger partial charge in [-0.15, -0.1) is 0 Å². The van der Waals surface area contributed by atoms with Gasteiger partial charge in [-0.25, -0.2) is 0 Å². The fourth-order valence-electron chi connectivity index (χ4n) is 8.43. The molecule has 4 atom stereocenters. The minimum Gasteiger partial charge on any atom is -0.357 e. The minimum atomic E-state index is 0.194. The van der Waals surface area contributed by atoms with Crippen molar-refractivity contribution in [1.82, 2.24) is 4.90 Å². The second-order valence-electron chi connectivity index (χ2n) is 14.1. The Labute approximate surface area is 296 Å². The van der Waals surface area contributed by atoms with Crippen LogP contribution >= 0.6 is 0 Å². The maximum atomic E-state index is 3.66. The number of hydrogen-bond acceptors (Lipinski definition) is 2. The predicted octanol–water partition coefficient (Wildman–Crippen LogP) is 11.7. The Morgan fingerprint density at radius 2 is 1.38 bits per heavy atom. The van der Waals surface area contributed by atoms with E-state index in [2.05, 4.69) is 186 Å². The summed E-state index contributed by atoms with van der Waals surface area (Å²) >= 11 is 0. The van der Waals surface area contributed by atoms with Crippen LogP contribution in [0.15, 0.2) is 191 Å². The molecule has 244 valence electrons. The molecule has 0 heterocycles. The predicted molar refractivity (Wildman–Crippen MR) is 209 cm³/mol. The van der Waals surface area contributed by atoms with Gasteiger partial charge in [0.15, 0.2) is 0 Å². The fourth-order valence-corrected chi connectivity index (χ4v) is 8.43. The van der Waals surface area contributed by atoms with Gasteiger partial charge in [0.1, 0.15) is 0 Å². The molecule has 9 rings (SSSR count). The third-order valence-electron chi connectivity index (χ3n) is 11.0. The summed E-state index contributed by atoms with van der Waals surface area (Å²) in [6.45, 7) is 2.30. The van der Waals surface area contributed by atoms with Crippen molar-refractivity contribution in [2.24, 2.45) is 5.92 Å². The average Bonchev–Trinajstić information content (AvgIpc) is 3.97. The van der Waals surface area contributed by atoms with E-state index in [-0.39, 0.29) is 12.1 Å². The molecule has 3 aromatic rings. The molecule has 0 aliphatic heterocycles. The van der Waals surface area contributed by atoms with E-state index in [1.54, 1.807) is 0 Å². The van der Waals surface area contributed by atoms with Crippen molar-refractivity contribution in [3.8, 4) is 0 Å². The fraction of sp³-hybridized carbons (Fsp3) is 0.188. The van der Waals surface area contributed by atoms with E-state index in [9.17, 15) is 0 Å². The number of hydrogen-bond donors (Lipinski definition) is 0. The lowest BCUT2D eigenvalue weighted by atomic mass is 9.87. The third kappa shape index (κ3) is 5.76. The summed E-state index contributed by atoms with van der Waals surface area (Å²) in [4.78, 5) is 5.19. The molecule has 6 aliphatic rings. The van der Waals surface area contributed by atoms with E-state index < -0.39 is 0 Å². The summed E-state index contributed by atoms with van der Waals surface area (Å²) in [6.07, 6.45) is 36.7. The van der Waals surface area contributed by atoms with Crippen LogP contribution in [0.25, 0.3) is 12.2 Å². The highest BCUT2D eigenvalue weighted by Gasteiger charge is 2.34. The quantitative estimate of drug-likeness (QED) is 0.236. The van der Waals surface area contributed by atoms with E-state index in [1.165, 1.54) is 55.9 Å². The van der Waals surface area contributed by atoms with Crippen molar-refractivity contribution in [3.05, 3.63) is 213 Å². The Hall–Kier alpha value is -5.56. The Balaban J connectivity index is 0.996. The van der Waals surface area contributed by atoms with Crippen molar-refractivity contribution < 1.29 is 0 Å². The summed E-state index contributed by atoms with van der Waals surface area (Å²) in [5.74, 6) is 0.624. The molecule has 3 aromatic carbocycles. The largest absolute Gasteiger partial charge is 0.357 e. The Morgan fingerprint density at radius 3 is 2.14 bits per heavy atom. The van der Waals surface area contributed by atoms with Crippen molar-refractivity contribution in [1.29, 1.82) is 0 Å². The highest BCUT2D eigenvalue weighted by Crippen LogP contribution is 2.45. The number of rotatable bonds is 7. The molecule has 2 nitrogen and oxygen atoms in total. The molecule has 0 saturated carbocycles.